The number of hydrogen-bond acceptors (Lipinski definition) is 3. The van der Waals surface area contributed by atoms with Crippen LogP contribution in [0.25, 0.3) is 0 Å². The third-order valence-corrected chi connectivity index (χ3v) is 3.80. The first-order chi connectivity index (χ1) is 10.1. The van der Waals surface area contributed by atoms with E-state index in [1.54, 1.807) is 10.7 Å². The van der Waals surface area contributed by atoms with E-state index in [9.17, 15) is 4.79 Å². The van der Waals surface area contributed by atoms with Crippen LogP contribution in [0.5, 0.6) is 0 Å². The lowest BCUT2D eigenvalue weighted by atomic mass is 10.0. The number of anilines is 1. The van der Waals surface area contributed by atoms with Gasteiger partial charge in [-0.25, -0.2) is 9.78 Å². The molecule has 1 aliphatic rings. The van der Waals surface area contributed by atoms with Gasteiger partial charge in [0.05, 0.1) is 6.20 Å². The van der Waals surface area contributed by atoms with E-state index in [2.05, 4.69) is 15.4 Å². The number of nitrogens with zero attached hydrogens (tertiary/aromatic N) is 4. The zero-order valence-corrected chi connectivity index (χ0v) is 12.3. The summed E-state index contributed by atoms with van der Waals surface area (Å²) >= 11 is 0. The molecule has 0 aliphatic carbocycles. The highest BCUT2D eigenvalue weighted by atomic mass is 16.2. The molecular weight excluding hydrogens is 266 g/mol. The van der Waals surface area contributed by atoms with Crippen LogP contribution in [0.3, 0.4) is 0 Å². The van der Waals surface area contributed by atoms with Crippen molar-refractivity contribution in [1.29, 1.82) is 0 Å². The van der Waals surface area contributed by atoms with E-state index in [1.165, 1.54) is 5.56 Å². The minimum absolute atomic E-state index is 0.0838. The lowest BCUT2D eigenvalue weighted by Crippen LogP contribution is -2.33. The molecule has 0 aromatic carbocycles. The summed E-state index contributed by atoms with van der Waals surface area (Å²) in [5.74, 6) is 0.972. The minimum Gasteiger partial charge on any atom is -0.324 e. The molecule has 1 fully saturated rings. The summed E-state index contributed by atoms with van der Waals surface area (Å²) < 4.78 is 1.80. The number of nitrogens with one attached hydrogen (secondary N) is 1. The molecule has 0 unspecified atom stereocenters. The molecular formula is C15H19N5O. The van der Waals surface area contributed by atoms with Crippen LogP contribution in [0.1, 0.15) is 23.6 Å². The molecule has 0 spiro atoms. The number of rotatable bonds is 2. The molecule has 1 aliphatic heterocycles. The number of urea groups is 1. The maximum absolute atomic E-state index is 12.3. The third-order valence-electron chi connectivity index (χ3n) is 3.80. The Balaban J connectivity index is 1.62. The fourth-order valence-corrected chi connectivity index (χ4v) is 2.67. The van der Waals surface area contributed by atoms with Crippen molar-refractivity contribution in [2.45, 2.75) is 19.3 Å². The summed E-state index contributed by atoms with van der Waals surface area (Å²) in [5, 5.41) is 7.05. The summed E-state index contributed by atoms with van der Waals surface area (Å²) in [7, 11) is 1.91. The second kappa shape index (κ2) is 5.55. The molecule has 6 heteroatoms. The van der Waals surface area contributed by atoms with Crippen molar-refractivity contribution in [3.63, 3.8) is 0 Å². The fourth-order valence-electron chi connectivity index (χ4n) is 2.67. The average molecular weight is 285 g/mol. The van der Waals surface area contributed by atoms with Gasteiger partial charge in [-0.2, -0.15) is 5.10 Å². The van der Waals surface area contributed by atoms with Gasteiger partial charge in [0.2, 0.25) is 0 Å². The van der Waals surface area contributed by atoms with Gasteiger partial charge in [0.25, 0.3) is 0 Å². The van der Waals surface area contributed by atoms with Crippen molar-refractivity contribution in [1.82, 2.24) is 19.7 Å². The van der Waals surface area contributed by atoms with E-state index in [0.717, 1.165) is 25.2 Å². The van der Waals surface area contributed by atoms with Crippen LogP contribution in [0.4, 0.5) is 10.6 Å². The van der Waals surface area contributed by atoms with Gasteiger partial charge in [-0.3, -0.25) is 10.00 Å². The highest BCUT2D eigenvalue weighted by Gasteiger charge is 2.28. The van der Waals surface area contributed by atoms with Crippen LogP contribution in [-0.4, -0.2) is 38.8 Å². The third kappa shape index (κ3) is 3.04. The number of carbonyl (C=O) groups excluding carboxylic acids is 1. The lowest BCUT2D eigenvalue weighted by molar-refractivity contribution is 0.222. The maximum atomic E-state index is 12.3. The Kier molecular flexibility index (Phi) is 3.60. The van der Waals surface area contributed by atoms with Crippen molar-refractivity contribution in [3.8, 4) is 0 Å². The Morgan fingerprint density at radius 2 is 2.29 bits per heavy atom. The molecule has 21 heavy (non-hydrogen) atoms. The van der Waals surface area contributed by atoms with Crippen LogP contribution < -0.4 is 5.32 Å². The van der Waals surface area contributed by atoms with Gasteiger partial charge < -0.3 is 4.90 Å². The van der Waals surface area contributed by atoms with Gasteiger partial charge in [0.1, 0.15) is 5.82 Å². The SMILES string of the molecule is Cc1cccc(NC(=O)N2CC[C@@H](c3cnn(C)c3)C2)n1. The first-order valence-electron chi connectivity index (χ1n) is 7.10. The Morgan fingerprint density at radius 3 is 3.00 bits per heavy atom. The molecule has 2 aromatic rings. The zero-order chi connectivity index (χ0) is 14.8. The second-order valence-electron chi connectivity index (χ2n) is 5.47. The summed E-state index contributed by atoms with van der Waals surface area (Å²) in [6, 6.07) is 5.52. The van der Waals surface area contributed by atoms with Gasteiger partial charge in [0.15, 0.2) is 0 Å². The van der Waals surface area contributed by atoms with Crippen molar-refractivity contribution < 1.29 is 4.79 Å². The Hall–Kier alpha value is -2.37. The number of hydrogen-bond donors (Lipinski definition) is 1. The number of likely N-dealkylation sites (tertiary alicyclic amines) is 1. The van der Waals surface area contributed by atoms with E-state index in [4.69, 9.17) is 0 Å². The summed E-state index contributed by atoms with van der Waals surface area (Å²) in [6.07, 6.45) is 4.88. The molecule has 110 valence electrons. The van der Waals surface area contributed by atoms with Gasteiger partial charge in [-0.05, 0) is 31.0 Å². The molecule has 1 N–H and O–H groups in total. The van der Waals surface area contributed by atoms with E-state index < -0.39 is 0 Å². The lowest BCUT2D eigenvalue weighted by Gasteiger charge is -2.17. The topological polar surface area (TPSA) is 63.1 Å². The Morgan fingerprint density at radius 1 is 1.43 bits per heavy atom. The molecule has 0 radical (unpaired) electrons. The molecule has 3 heterocycles. The first kappa shape index (κ1) is 13.6. The summed E-state index contributed by atoms with van der Waals surface area (Å²) in [5.41, 5.74) is 2.09. The fraction of sp³-hybridized carbons (Fsp3) is 0.400. The van der Waals surface area contributed by atoms with Gasteiger partial charge in [-0.1, -0.05) is 6.07 Å². The summed E-state index contributed by atoms with van der Waals surface area (Å²) in [4.78, 5) is 18.4. The largest absolute Gasteiger partial charge is 0.324 e. The van der Waals surface area contributed by atoms with Crippen LogP contribution in [0.15, 0.2) is 30.6 Å². The van der Waals surface area contributed by atoms with E-state index in [-0.39, 0.29) is 6.03 Å². The van der Waals surface area contributed by atoms with E-state index in [0.29, 0.717) is 11.7 Å². The monoisotopic (exact) mass is 285 g/mol. The Bertz CT molecular complexity index is 651. The summed E-state index contributed by atoms with van der Waals surface area (Å²) in [6.45, 7) is 3.39. The molecule has 3 rings (SSSR count). The molecule has 1 saturated heterocycles. The smallest absolute Gasteiger partial charge is 0.323 e. The van der Waals surface area contributed by atoms with E-state index >= 15 is 0 Å². The molecule has 2 amide bonds. The molecule has 6 nitrogen and oxygen atoms in total. The predicted octanol–water partition coefficient (Wildman–Crippen LogP) is 2.14. The maximum Gasteiger partial charge on any atom is 0.323 e. The van der Waals surface area contributed by atoms with Crippen molar-refractivity contribution in [2.24, 2.45) is 7.05 Å². The van der Waals surface area contributed by atoms with Gasteiger partial charge in [0, 0.05) is 37.9 Å². The minimum atomic E-state index is -0.0838. The number of pyridine rings is 1. The normalized spacial score (nSPS) is 18.0. The van der Waals surface area contributed by atoms with Crippen molar-refractivity contribution >= 4 is 11.8 Å². The quantitative estimate of drug-likeness (QED) is 0.919. The highest BCUT2D eigenvalue weighted by Crippen LogP contribution is 2.27. The first-order valence-corrected chi connectivity index (χ1v) is 7.10. The molecule has 0 saturated carbocycles. The van der Waals surface area contributed by atoms with Crippen LogP contribution in [0, 0.1) is 6.92 Å². The number of aromatic nitrogens is 3. The van der Waals surface area contributed by atoms with Gasteiger partial charge >= 0.3 is 6.03 Å². The predicted molar refractivity (Wildman–Crippen MR) is 80.1 cm³/mol. The number of amides is 2. The van der Waals surface area contributed by atoms with Crippen LogP contribution >= 0.6 is 0 Å². The van der Waals surface area contributed by atoms with E-state index in [1.807, 2.05) is 43.4 Å². The number of aryl methyl sites for hydroxylation is 2. The molecule has 0 bridgehead atoms. The van der Waals surface area contributed by atoms with Crippen molar-refractivity contribution in [2.75, 3.05) is 18.4 Å². The van der Waals surface area contributed by atoms with Crippen LogP contribution in [-0.2, 0) is 7.05 Å². The average Bonchev–Trinajstić information content (AvgIpc) is 3.07. The highest BCUT2D eigenvalue weighted by molar-refractivity contribution is 5.88. The standard InChI is InChI=1S/C15H19N5O/c1-11-4-3-5-14(17-11)18-15(21)20-7-6-12(10-20)13-8-16-19(2)9-13/h3-5,8-9,12H,6-7,10H2,1-2H3,(H,17,18,21)/t12-/m1/s1. The Labute approximate surface area is 123 Å². The van der Waals surface area contributed by atoms with Gasteiger partial charge in [-0.15, -0.1) is 0 Å². The van der Waals surface area contributed by atoms with Crippen LogP contribution in [0.2, 0.25) is 0 Å². The molecule has 1 atom stereocenters. The zero-order valence-electron chi connectivity index (χ0n) is 12.3. The second-order valence-corrected chi connectivity index (χ2v) is 5.47. The molecule has 2 aromatic heterocycles. The van der Waals surface area contributed by atoms with Crippen molar-refractivity contribution in [3.05, 3.63) is 41.9 Å². The number of carbonyl (C=O) groups is 1.